The van der Waals surface area contributed by atoms with Gasteiger partial charge in [0.05, 0.1) is 0 Å². The molecule has 22 heavy (non-hydrogen) atoms. The lowest BCUT2D eigenvalue weighted by Crippen LogP contribution is -2.11. The number of benzene rings is 1. The molecule has 3 rings (SSSR count). The largest absolute Gasteiger partial charge is 0.317 e. The van der Waals surface area contributed by atoms with E-state index in [1.165, 1.54) is 11.3 Å². The minimum Gasteiger partial charge on any atom is -0.317 e. The third kappa shape index (κ3) is 2.88. The van der Waals surface area contributed by atoms with Crippen LogP contribution in [-0.4, -0.2) is 23.2 Å². The number of aromatic nitrogens is 3. The second kappa shape index (κ2) is 5.54. The normalized spacial score (nSPS) is 11.5. The minimum atomic E-state index is -3.56. The van der Waals surface area contributed by atoms with Gasteiger partial charge in [-0.1, -0.05) is 12.1 Å². The zero-order valence-corrected chi connectivity index (χ0v) is 13.6. The fraction of sp³-hybridized carbons (Fsp3) is 0.143. The standard InChI is InChI=1S/C14H14N4O2S2/c1-10-6-7-13(21-10)22(19,20)17-12-5-3-4-11(8-12)14-16-15-9-18(14)2/h3-9,17H,1-2H3. The van der Waals surface area contributed by atoms with Crippen molar-refractivity contribution < 1.29 is 8.42 Å². The average molecular weight is 334 g/mol. The summed E-state index contributed by atoms with van der Waals surface area (Å²) in [4.78, 5) is 0.952. The summed E-state index contributed by atoms with van der Waals surface area (Å²) in [6, 6.07) is 10.5. The lowest BCUT2D eigenvalue weighted by Gasteiger charge is -2.08. The van der Waals surface area contributed by atoms with E-state index < -0.39 is 10.0 Å². The molecule has 0 unspecified atom stereocenters. The number of nitrogens with one attached hydrogen (secondary N) is 1. The van der Waals surface area contributed by atoms with Crippen molar-refractivity contribution in [1.82, 2.24) is 14.8 Å². The maximum absolute atomic E-state index is 12.3. The molecular formula is C14H14N4O2S2. The molecule has 0 bridgehead atoms. The van der Waals surface area contributed by atoms with Gasteiger partial charge in [0.25, 0.3) is 10.0 Å². The maximum Gasteiger partial charge on any atom is 0.271 e. The summed E-state index contributed by atoms with van der Waals surface area (Å²) < 4.78 is 29.4. The minimum absolute atomic E-state index is 0.300. The molecule has 0 radical (unpaired) electrons. The van der Waals surface area contributed by atoms with Crippen molar-refractivity contribution in [3.8, 4) is 11.4 Å². The predicted molar refractivity (Wildman–Crippen MR) is 86.3 cm³/mol. The van der Waals surface area contributed by atoms with Gasteiger partial charge >= 0.3 is 0 Å². The molecule has 1 aromatic carbocycles. The number of thiophene rings is 1. The van der Waals surface area contributed by atoms with E-state index in [4.69, 9.17) is 0 Å². The molecule has 0 spiro atoms. The summed E-state index contributed by atoms with van der Waals surface area (Å²) in [5, 5.41) is 7.85. The monoisotopic (exact) mass is 334 g/mol. The Bertz CT molecular complexity index is 912. The lowest BCUT2D eigenvalue weighted by molar-refractivity contribution is 0.603. The van der Waals surface area contributed by atoms with Crippen molar-refractivity contribution in [2.24, 2.45) is 7.05 Å². The zero-order valence-electron chi connectivity index (χ0n) is 12.0. The molecule has 114 valence electrons. The Kier molecular flexibility index (Phi) is 3.71. The molecule has 0 amide bonds. The Hall–Kier alpha value is -2.19. The fourth-order valence-corrected chi connectivity index (χ4v) is 4.36. The van der Waals surface area contributed by atoms with Crippen LogP contribution in [0.15, 0.2) is 46.9 Å². The van der Waals surface area contributed by atoms with Crippen LogP contribution in [0.25, 0.3) is 11.4 Å². The molecule has 0 fully saturated rings. The molecule has 0 saturated heterocycles. The van der Waals surface area contributed by atoms with Gasteiger partial charge in [-0.3, -0.25) is 4.72 Å². The quantitative estimate of drug-likeness (QED) is 0.796. The van der Waals surface area contributed by atoms with Crippen LogP contribution in [0.2, 0.25) is 0 Å². The second-order valence-corrected chi connectivity index (χ2v) is 8.01. The Morgan fingerprint density at radius 1 is 1.23 bits per heavy atom. The average Bonchev–Trinajstić information content (AvgIpc) is 3.07. The molecule has 0 aliphatic heterocycles. The van der Waals surface area contributed by atoms with E-state index in [9.17, 15) is 8.42 Å². The Labute approximate surface area is 132 Å². The molecule has 1 N–H and O–H groups in total. The van der Waals surface area contributed by atoms with Crippen LogP contribution in [0, 0.1) is 6.92 Å². The van der Waals surface area contributed by atoms with Gasteiger partial charge in [0.2, 0.25) is 0 Å². The van der Waals surface area contributed by atoms with Crippen molar-refractivity contribution in [2.45, 2.75) is 11.1 Å². The smallest absolute Gasteiger partial charge is 0.271 e. The van der Waals surface area contributed by atoms with Gasteiger partial charge in [-0.15, -0.1) is 21.5 Å². The first kappa shape index (κ1) is 14.7. The highest BCUT2D eigenvalue weighted by Gasteiger charge is 2.16. The molecule has 0 atom stereocenters. The lowest BCUT2D eigenvalue weighted by atomic mass is 10.2. The molecule has 6 nitrogen and oxygen atoms in total. The Balaban J connectivity index is 1.92. The summed E-state index contributed by atoms with van der Waals surface area (Å²) >= 11 is 1.24. The van der Waals surface area contributed by atoms with Crippen LogP contribution in [0.1, 0.15) is 4.88 Å². The SMILES string of the molecule is Cc1ccc(S(=O)(=O)Nc2cccc(-c3nncn3C)c2)s1. The second-order valence-electron chi connectivity index (χ2n) is 4.82. The van der Waals surface area contributed by atoms with Crippen LogP contribution in [0.5, 0.6) is 0 Å². The molecular weight excluding hydrogens is 320 g/mol. The summed E-state index contributed by atoms with van der Waals surface area (Å²) in [6.07, 6.45) is 1.60. The molecule has 0 aliphatic carbocycles. The Morgan fingerprint density at radius 3 is 2.68 bits per heavy atom. The van der Waals surface area contributed by atoms with Crippen molar-refractivity contribution in [3.05, 3.63) is 47.6 Å². The van der Waals surface area contributed by atoms with Gasteiger partial charge in [-0.05, 0) is 31.2 Å². The van der Waals surface area contributed by atoms with Gasteiger partial charge < -0.3 is 4.57 Å². The first-order valence-corrected chi connectivity index (χ1v) is 8.79. The van der Waals surface area contributed by atoms with E-state index in [0.29, 0.717) is 15.7 Å². The molecule has 8 heteroatoms. The van der Waals surface area contributed by atoms with Crippen LogP contribution < -0.4 is 4.72 Å². The van der Waals surface area contributed by atoms with Crippen molar-refractivity contribution in [2.75, 3.05) is 4.72 Å². The number of nitrogens with zero attached hydrogens (tertiary/aromatic N) is 3. The number of aryl methyl sites for hydroxylation is 2. The van der Waals surface area contributed by atoms with Crippen LogP contribution in [0.3, 0.4) is 0 Å². The topological polar surface area (TPSA) is 76.9 Å². The number of rotatable bonds is 4. The third-order valence-corrected chi connectivity index (χ3v) is 5.94. The van der Waals surface area contributed by atoms with Crippen molar-refractivity contribution in [1.29, 1.82) is 0 Å². The van der Waals surface area contributed by atoms with Gasteiger partial charge in [0.15, 0.2) is 5.82 Å². The third-order valence-electron chi connectivity index (χ3n) is 3.06. The summed E-state index contributed by atoms with van der Waals surface area (Å²) in [6.45, 7) is 1.87. The van der Waals surface area contributed by atoms with Gasteiger partial charge in [0, 0.05) is 23.2 Å². The summed E-state index contributed by atoms with van der Waals surface area (Å²) in [5.74, 6) is 0.674. The van der Waals surface area contributed by atoms with Crippen LogP contribution in [-0.2, 0) is 17.1 Å². The van der Waals surface area contributed by atoms with Crippen LogP contribution in [0.4, 0.5) is 5.69 Å². The summed E-state index contributed by atoms with van der Waals surface area (Å²) in [5.41, 5.74) is 1.29. The van der Waals surface area contributed by atoms with E-state index in [-0.39, 0.29) is 0 Å². The zero-order chi connectivity index (χ0) is 15.7. The highest BCUT2D eigenvalue weighted by molar-refractivity contribution is 7.94. The molecule has 3 aromatic rings. The number of hydrogen-bond acceptors (Lipinski definition) is 5. The maximum atomic E-state index is 12.3. The number of anilines is 1. The first-order chi connectivity index (χ1) is 10.5. The van der Waals surface area contributed by atoms with Crippen molar-refractivity contribution >= 4 is 27.0 Å². The first-order valence-electron chi connectivity index (χ1n) is 6.49. The molecule has 0 saturated carbocycles. The number of sulfonamides is 1. The van der Waals surface area contributed by atoms with E-state index >= 15 is 0 Å². The predicted octanol–water partition coefficient (Wildman–Crippen LogP) is 2.65. The fourth-order valence-electron chi connectivity index (χ4n) is 2.03. The molecule has 2 aromatic heterocycles. The van der Waals surface area contributed by atoms with Gasteiger partial charge in [-0.2, -0.15) is 0 Å². The van der Waals surface area contributed by atoms with Crippen molar-refractivity contribution in [3.63, 3.8) is 0 Å². The van der Waals surface area contributed by atoms with Gasteiger partial charge in [-0.25, -0.2) is 8.42 Å². The number of hydrogen-bond donors (Lipinski definition) is 1. The Morgan fingerprint density at radius 2 is 2.05 bits per heavy atom. The highest BCUT2D eigenvalue weighted by Crippen LogP contribution is 2.25. The van der Waals surface area contributed by atoms with E-state index in [1.54, 1.807) is 41.2 Å². The van der Waals surface area contributed by atoms with E-state index in [2.05, 4.69) is 14.9 Å². The van der Waals surface area contributed by atoms with E-state index in [1.807, 2.05) is 20.0 Å². The highest BCUT2D eigenvalue weighted by atomic mass is 32.2. The summed E-state index contributed by atoms with van der Waals surface area (Å²) in [7, 11) is -1.73. The molecule has 0 aliphatic rings. The van der Waals surface area contributed by atoms with Gasteiger partial charge in [0.1, 0.15) is 10.5 Å². The van der Waals surface area contributed by atoms with Crippen LogP contribution >= 0.6 is 11.3 Å². The molecule has 2 heterocycles. The van der Waals surface area contributed by atoms with E-state index in [0.717, 1.165) is 10.4 Å².